The van der Waals surface area contributed by atoms with E-state index in [4.69, 9.17) is 0 Å². The summed E-state index contributed by atoms with van der Waals surface area (Å²) in [6.45, 7) is 1.88. The van der Waals surface area contributed by atoms with E-state index < -0.39 is 0 Å². The van der Waals surface area contributed by atoms with E-state index in [1.165, 1.54) is 12.1 Å². The Labute approximate surface area is 92.9 Å². The maximum Gasteiger partial charge on any atom is 0.132 e. The fourth-order valence-electron chi connectivity index (χ4n) is 2.04. The molecule has 0 fully saturated rings. The van der Waals surface area contributed by atoms with Crippen molar-refractivity contribution in [1.82, 2.24) is 9.78 Å². The van der Waals surface area contributed by atoms with Gasteiger partial charge in [0.15, 0.2) is 0 Å². The van der Waals surface area contributed by atoms with Crippen LogP contribution < -0.4 is 5.32 Å². The minimum absolute atomic E-state index is 0.215. The third kappa shape index (κ3) is 1.46. The summed E-state index contributed by atoms with van der Waals surface area (Å²) in [6.07, 6.45) is 2.87. The number of rotatable bonds is 1. The highest BCUT2D eigenvalue weighted by molar-refractivity contribution is 5.75. The number of nitrogens with one attached hydrogen (secondary N) is 1. The number of benzene rings is 1. The molecule has 1 aromatic carbocycles. The molecule has 2 aromatic rings. The molecule has 1 aliphatic rings. The maximum atomic E-state index is 13.1. The Kier molecular flexibility index (Phi) is 2.13. The number of hydrogen-bond acceptors (Lipinski definition) is 2. The van der Waals surface area contributed by atoms with Crippen LogP contribution in [0.3, 0.4) is 0 Å². The van der Waals surface area contributed by atoms with Crippen LogP contribution in [0, 0.1) is 5.82 Å². The average Bonchev–Trinajstić information content (AvgIpc) is 2.72. The van der Waals surface area contributed by atoms with Crippen LogP contribution in [0.15, 0.2) is 30.5 Å². The van der Waals surface area contributed by atoms with Gasteiger partial charge in [-0.2, -0.15) is 5.10 Å². The second kappa shape index (κ2) is 3.63. The summed E-state index contributed by atoms with van der Waals surface area (Å²) < 4.78 is 15.1. The molecule has 4 heteroatoms. The zero-order valence-corrected chi connectivity index (χ0v) is 8.78. The smallest absolute Gasteiger partial charge is 0.132 e. The lowest BCUT2D eigenvalue weighted by Crippen LogP contribution is -2.17. The zero-order valence-electron chi connectivity index (χ0n) is 8.78. The van der Waals surface area contributed by atoms with Crippen LogP contribution in [-0.4, -0.2) is 16.3 Å². The van der Waals surface area contributed by atoms with E-state index >= 15 is 0 Å². The minimum atomic E-state index is -0.215. The monoisotopic (exact) mass is 217 g/mol. The van der Waals surface area contributed by atoms with Crippen molar-refractivity contribution < 1.29 is 4.39 Å². The standard InChI is InChI=1S/C12H12FN3/c13-10-4-1-3-9(7-10)11-8-15-16-6-2-5-14-12(11)16/h1,3-4,7-8,14H,2,5-6H2. The van der Waals surface area contributed by atoms with Gasteiger partial charge in [-0.25, -0.2) is 9.07 Å². The molecule has 3 nitrogen and oxygen atoms in total. The van der Waals surface area contributed by atoms with Crippen LogP contribution in [0.2, 0.25) is 0 Å². The van der Waals surface area contributed by atoms with E-state index in [-0.39, 0.29) is 5.82 Å². The lowest BCUT2D eigenvalue weighted by atomic mass is 10.1. The molecule has 82 valence electrons. The summed E-state index contributed by atoms with van der Waals surface area (Å²) in [6, 6.07) is 6.61. The third-order valence-electron chi connectivity index (χ3n) is 2.81. The molecular formula is C12H12FN3. The predicted molar refractivity (Wildman–Crippen MR) is 60.7 cm³/mol. The third-order valence-corrected chi connectivity index (χ3v) is 2.81. The number of anilines is 1. The zero-order chi connectivity index (χ0) is 11.0. The molecule has 0 saturated carbocycles. The van der Waals surface area contributed by atoms with Gasteiger partial charge in [-0.3, -0.25) is 0 Å². The van der Waals surface area contributed by atoms with Crippen molar-refractivity contribution in [3.05, 3.63) is 36.3 Å². The van der Waals surface area contributed by atoms with E-state index in [0.29, 0.717) is 0 Å². The molecule has 0 spiro atoms. The van der Waals surface area contributed by atoms with Gasteiger partial charge >= 0.3 is 0 Å². The minimum Gasteiger partial charge on any atom is -0.370 e. The summed E-state index contributed by atoms with van der Waals surface area (Å²) >= 11 is 0. The maximum absolute atomic E-state index is 13.1. The van der Waals surface area contributed by atoms with Gasteiger partial charge in [0.2, 0.25) is 0 Å². The molecule has 1 aliphatic heterocycles. The topological polar surface area (TPSA) is 29.9 Å². The Bertz CT molecular complexity index is 519. The molecule has 0 radical (unpaired) electrons. The second-order valence-corrected chi connectivity index (χ2v) is 3.92. The normalized spacial score (nSPS) is 14.3. The van der Waals surface area contributed by atoms with Crippen LogP contribution in [0.1, 0.15) is 6.42 Å². The van der Waals surface area contributed by atoms with Gasteiger partial charge < -0.3 is 5.32 Å². The van der Waals surface area contributed by atoms with Gasteiger partial charge in [-0.05, 0) is 24.1 Å². The Hall–Kier alpha value is -1.84. The second-order valence-electron chi connectivity index (χ2n) is 3.92. The first-order valence-corrected chi connectivity index (χ1v) is 5.40. The highest BCUT2D eigenvalue weighted by Gasteiger charge is 2.15. The summed E-state index contributed by atoms with van der Waals surface area (Å²) in [5, 5.41) is 7.60. The molecule has 0 amide bonds. The molecule has 1 aromatic heterocycles. The van der Waals surface area contributed by atoms with E-state index in [0.717, 1.165) is 36.5 Å². The predicted octanol–water partition coefficient (Wildman–Crippen LogP) is 2.50. The first-order valence-electron chi connectivity index (χ1n) is 5.40. The number of fused-ring (bicyclic) bond motifs is 1. The Morgan fingerprint density at radius 2 is 2.31 bits per heavy atom. The fourth-order valence-corrected chi connectivity index (χ4v) is 2.04. The summed E-state index contributed by atoms with van der Waals surface area (Å²) in [7, 11) is 0. The number of aryl methyl sites for hydroxylation is 1. The molecule has 0 saturated heterocycles. The van der Waals surface area contributed by atoms with Crippen molar-refractivity contribution in [1.29, 1.82) is 0 Å². The Morgan fingerprint density at radius 3 is 3.19 bits per heavy atom. The van der Waals surface area contributed by atoms with Crippen molar-refractivity contribution >= 4 is 5.82 Å². The summed E-state index contributed by atoms with van der Waals surface area (Å²) in [4.78, 5) is 0. The SMILES string of the molecule is Fc1cccc(-c2cnn3c2NCCC3)c1. The first-order chi connectivity index (χ1) is 7.84. The van der Waals surface area contributed by atoms with Crippen LogP contribution in [0.5, 0.6) is 0 Å². The van der Waals surface area contributed by atoms with Crippen molar-refractivity contribution in [3.63, 3.8) is 0 Å². The first kappa shape index (κ1) is 9.39. The van der Waals surface area contributed by atoms with E-state index in [1.807, 2.05) is 10.7 Å². The van der Waals surface area contributed by atoms with E-state index in [9.17, 15) is 4.39 Å². The largest absolute Gasteiger partial charge is 0.370 e. The quantitative estimate of drug-likeness (QED) is 0.795. The van der Waals surface area contributed by atoms with Crippen molar-refractivity contribution in [3.8, 4) is 11.1 Å². The summed E-state index contributed by atoms with van der Waals surface area (Å²) in [5.74, 6) is 0.783. The van der Waals surface area contributed by atoms with E-state index in [2.05, 4.69) is 10.4 Å². The Balaban J connectivity index is 2.09. The number of aromatic nitrogens is 2. The van der Waals surface area contributed by atoms with Crippen LogP contribution in [0.4, 0.5) is 10.2 Å². The van der Waals surface area contributed by atoms with Gasteiger partial charge in [-0.1, -0.05) is 12.1 Å². The fraction of sp³-hybridized carbons (Fsp3) is 0.250. The van der Waals surface area contributed by atoms with Crippen LogP contribution >= 0.6 is 0 Å². The number of halogens is 1. The molecule has 3 rings (SSSR count). The van der Waals surface area contributed by atoms with Crippen molar-refractivity contribution in [2.24, 2.45) is 0 Å². The lowest BCUT2D eigenvalue weighted by Gasteiger charge is -2.17. The van der Waals surface area contributed by atoms with Gasteiger partial charge in [0, 0.05) is 18.7 Å². The molecule has 1 N–H and O–H groups in total. The van der Waals surface area contributed by atoms with Gasteiger partial charge in [0.25, 0.3) is 0 Å². The Morgan fingerprint density at radius 1 is 1.38 bits per heavy atom. The highest BCUT2D eigenvalue weighted by Crippen LogP contribution is 2.29. The van der Waals surface area contributed by atoms with Gasteiger partial charge in [0.1, 0.15) is 11.6 Å². The van der Waals surface area contributed by atoms with Gasteiger partial charge in [0.05, 0.1) is 6.20 Å². The molecule has 0 aliphatic carbocycles. The van der Waals surface area contributed by atoms with Gasteiger partial charge in [-0.15, -0.1) is 0 Å². The van der Waals surface area contributed by atoms with E-state index in [1.54, 1.807) is 12.3 Å². The molecule has 0 unspecified atom stereocenters. The molecule has 2 heterocycles. The van der Waals surface area contributed by atoms with Crippen LogP contribution in [0.25, 0.3) is 11.1 Å². The molecule has 16 heavy (non-hydrogen) atoms. The molecular weight excluding hydrogens is 205 g/mol. The number of nitrogens with zero attached hydrogens (tertiary/aromatic N) is 2. The number of hydrogen-bond donors (Lipinski definition) is 1. The van der Waals surface area contributed by atoms with Crippen LogP contribution in [-0.2, 0) is 6.54 Å². The summed E-state index contributed by atoms with van der Waals surface area (Å²) in [5.41, 5.74) is 1.84. The molecule has 0 atom stereocenters. The average molecular weight is 217 g/mol. The van der Waals surface area contributed by atoms with Crippen molar-refractivity contribution in [2.45, 2.75) is 13.0 Å². The lowest BCUT2D eigenvalue weighted by molar-refractivity contribution is 0.568. The highest BCUT2D eigenvalue weighted by atomic mass is 19.1. The van der Waals surface area contributed by atoms with Crippen molar-refractivity contribution in [2.75, 3.05) is 11.9 Å². The molecule has 0 bridgehead atoms.